The van der Waals surface area contributed by atoms with E-state index >= 15 is 0 Å². The van der Waals surface area contributed by atoms with Gasteiger partial charge in [-0.15, -0.1) is 0 Å². The number of carbonyl (C=O) groups excluding carboxylic acids is 4. The molecule has 170 valence electrons. The highest BCUT2D eigenvalue weighted by Gasteiger charge is 2.13. The highest BCUT2D eigenvalue weighted by Crippen LogP contribution is 2.14. The lowest BCUT2D eigenvalue weighted by Gasteiger charge is -2.09. The Hall–Kier alpha value is -3.68. The Morgan fingerprint density at radius 3 is 2.41 bits per heavy atom. The molecule has 2 rings (SSSR count). The van der Waals surface area contributed by atoms with Gasteiger partial charge in [-0.2, -0.15) is 0 Å². The predicted octanol–water partition coefficient (Wildman–Crippen LogP) is 3.85. The average Bonchev–Trinajstić information content (AvgIpc) is 2.78. The van der Waals surface area contributed by atoms with Gasteiger partial charge in [0.15, 0.2) is 6.61 Å². The van der Waals surface area contributed by atoms with Crippen LogP contribution in [0.15, 0.2) is 48.5 Å². The molecule has 2 N–H and O–H groups in total. The van der Waals surface area contributed by atoms with Crippen LogP contribution in [0, 0.1) is 6.92 Å². The summed E-state index contributed by atoms with van der Waals surface area (Å²) in [4.78, 5) is 47.9. The predicted molar refractivity (Wildman–Crippen MR) is 120 cm³/mol. The molecule has 8 nitrogen and oxygen atoms in total. The lowest BCUT2D eigenvalue weighted by molar-refractivity contribution is -0.147. The molecule has 0 fully saturated rings. The quantitative estimate of drug-likeness (QED) is 0.406. The summed E-state index contributed by atoms with van der Waals surface area (Å²) in [6.07, 6.45) is 1.40. The normalized spacial score (nSPS) is 10.2. The number of unbranched alkanes of at least 4 members (excludes halogenated alkanes) is 1. The number of anilines is 2. The lowest BCUT2D eigenvalue weighted by atomic mass is 10.2. The van der Waals surface area contributed by atoms with Crippen LogP contribution in [0.25, 0.3) is 0 Å². The van der Waals surface area contributed by atoms with Crippen molar-refractivity contribution in [1.82, 2.24) is 0 Å². The number of nitrogens with one attached hydrogen (secondary N) is 2. The molecular formula is C24H28N2O6. The van der Waals surface area contributed by atoms with E-state index in [0.29, 0.717) is 23.5 Å². The summed E-state index contributed by atoms with van der Waals surface area (Å²) in [5.74, 6) is -1.99. The molecule has 0 heterocycles. The van der Waals surface area contributed by atoms with Crippen LogP contribution in [0.4, 0.5) is 11.4 Å². The lowest BCUT2D eigenvalue weighted by Crippen LogP contribution is -2.22. The number of ether oxygens (including phenoxy) is 2. The smallest absolute Gasteiger partial charge is 0.338 e. The number of carbonyl (C=O) groups is 4. The van der Waals surface area contributed by atoms with Gasteiger partial charge in [0.1, 0.15) is 0 Å². The van der Waals surface area contributed by atoms with E-state index in [1.54, 1.807) is 30.3 Å². The van der Waals surface area contributed by atoms with Gasteiger partial charge in [-0.3, -0.25) is 14.4 Å². The van der Waals surface area contributed by atoms with Crippen LogP contribution in [0.1, 0.15) is 48.5 Å². The largest absolute Gasteiger partial charge is 0.462 e. The zero-order valence-electron chi connectivity index (χ0n) is 18.3. The second-order valence-electron chi connectivity index (χ2n) is 7.14. The molecule has 0 aliphatic carbocycles. The number of aryl methyl sites for hydroxylation is 1. The van der Waals surface area contributed by atoms with E-state index in [1.165, 1.54) is 6.07 Å². The van der Waals surface area contributed by atoms with E-state index in [4.69, 9.17) is 9.47 Å². The number of para-hydroxylation sites is 1. The molecule has 0 unspecified atom stereocenters. The molecule has 0 saturated carbocycles. The molecule has 32 heavy (non-hydrogen) atoms. The first kappa shape index (κ1) is 24.6. The minimum atomic E-state index is -0.659. The van der Waals surface area contributed by atoms with Gasteiger partial charge in [-0.05, 0) is 43.2 Å². The molecule has 0 atom stereocenters. The molecule has 0 saturated heterocycles. The summed E-state index contributed by atoms with van der Waals surface area (Å²) in [6.45, 7) is 3.76. The molecule has 0 spiro atoms. The number of benzene rings is 2. The number of amides is 2. The second-order valence-corrected chi connectivity index (χ2v) is 7.14. The molecule has 0 aliphatic heterocycles. The maximum atomic E-state index is 12.1. The van der Waals surface area contributed by atoms with Gasteiger partial charge in [0.05, 0.1) is 18.6 Å². The molecule has 0 bridgehead atoms. The molecular weight excluding hydrogens is 412 g/mol. The molecule has 8 heteroatoms. The molecule has 0 radical (unpaired) electrons. The maximum Gasteiger partial charge on any atom is 0.338 e. The monoisotopic (exact) mass is 440 g/mol. The van der Waals surface area contributed by atoms with Crippen molar-refractivity contribution in [2.45, 2.75) is 39.5 Å². The number of hydrogen-bond acceptors (Lipinski definition) is 6. The fourth-order valence-corrected chi connectivity index (χ4v) is 2.67. The summed E-state index contributed by atoms with van der Waals surface area (Å²) in [7, 11) is 0. The average molecular weight is 440 g/mol. The van der Waals surface area contributed by atoms with Crippen molar-refractivity contribution in [3.8, 4) is 0 Å². The summed E-state index contributed by atoms with van der Waals surface area (Å²) >= 11 is 0. The minimum absolute atomic E-state index is 0.122. The first-order valence-electron chi connectivity index (χ1n) is 10.5. The van der Waals surface area contributed by atoms with Crippen molar-refractivity contribution in [2.75, 3.05) is 23.8 Å². The molecule has 2 amide bonds. The molecule has 0 aromatic heterocycles. The number of rotatable bonds is 11. The van der Waals surface area contributed by atoms with Crippen molar-refractivity contribution < 1.29 is 28.7 Å². The fourth-order valence-electron chi connectivity index (χ4n) is 2.67. The molecule has 2 aromatic carbocycles. The molecule has 2 aromatic rings. The van der Waals surface area contributed by atoms with Crippen LogP contribution < -0.4 is 10.6 Å². The van der Waals surface area contributed by atoms with Crippen LogP contribution in [0.5, 0.6) is 0 Å². The van der Waals surface area contributed by atoms with Crippen molar-refractivity contribution in [1.29, 1.82) is 0 Å². The van der Waals surface area contributed by atoms with Crippen molar-refractivity contribution in [3.05, 3.63) is 59.7 Å². The fraction of sp³-hybridized carbons (Fsp3) is 0.333. The first-order valence-corrected chi connectivity index (χ1v) is 10.5. The highest BCUT2D eigenvalue weighted by molar-refractivity contribution is 5.96. The van der Waals surface area contributed by atoms with E-state index in [1.807, 2.05) is 26.0 Å². The van der Waals surface area contributed by atoms with Gasteiger partial charge in [0.25, 0.3) is 5.91 Å². The Labute approximate surface area is 187 Å². The first-order chi connectivity index (χ1) is 15.4. The summed E-state index contributed by atoms with van der Waals surface area (Å²) in [5.41, 5.74) is 2.29. The van der Waals surface area contributed by atoms with Gasteiger partial charge in [0.2, 0.25) is 5.91 Å². The highest BCUT2D eigenvalue weighted by atomic mass is 16.5. The second kappa shape index (κ2) is 12.9. The Morgan fingerprint density at radius 2 is 1.66 bits per heavy atom. The third kappa shape index (κ3) is 8.59. The summed E-state index contributed by atoms with van der Waals surface area (Å²) < 4.78 is 10.1. The van der Waals surface area contributed by atoms with E-state index in [9.17, 15) is 19.2 Å². The summed E-state index contributed by atoms with van der Waals surface area (Å²) in [6, 6.07) is 13.6. The van der Waals surface area contributed by atoms with E-state index in [2.05, 4.69) is 10.6 Å². The standard InChI is InChI=1S/C24H28N2O6/c1-3-4-14-31-24(30)18-9-7-10-19(15-18)25-21(27)12-13-23(29)32-16-22(28)26-20-11-6-5-8-17(20)2/h5-11,15H,3-4,12-14,16H2,1-2H3,(H,25,27)(H,26,28). The van der Waals surface area contributed by atoms with E-state index < -0.39 is 30.4 Å². The van der Waals surface area contributed by atoms with Gasteiger partial charge >= 0.3 is 11.9 Å². The third-order valence-corrected chi connectivity index (χ3v) is 4.45. The topological polar surface area (TPSA) is 111 Å². The Balaban J connectivity index is 1.72. The third-order valence-electron chi connectivity index (χ3n) is 4.45. The Bertz CT molecular complexity index is 957. The van der Waals surface area contributed by atoms with Gasteiger partial charge < -0.3 is 20.1 Å². The van der Waals surface area contributed by atoms with Gasteiger partial charge in [-0.1, -0.05) is 37.6 Å². The van der Waals surface area contributed by atoms with Crippen LogP contribution in [0.3, 0.4) is 0 Å². The van der Waals surface area contributed by atoms with Crippen LogP contribution in [-0.4, -0.2) is 37.0 Å². The van der Waals surface area contributed by atoms with Crippen LogP contribution >= 0.6 is 0 Å². The van der Waals surface area contributed by atoms with Crippen LogP contribution in [-0.2, 0) is 23.9 Å². The van der Waals surface area contributed by atoms with Crippen molar-refractivity contribution >= 4 is 35.1 Å². The summed E-state index contributed by atoms with van der Waals surface area (Å²) in [5, 5.41) is 5.29. The van der Waals surface area contributed by atoms with Crippen molar-refractivity contribution in [3.63, 3.8) is 0 Å². The van der Waals surface area contributed by atoms with Crippen LogP contribution in [0.2, 0.25) is 0 Å². The Morgan fingerprint density at radius 1 is 0.875 bits per heavy atom. The van der Waals surface area contributed by atoms with Gasteiger partial charge in [0, 0.05) is 17.8 Å². The van der Waals surface area contributed by atoms with E-state index in [0.717, 1.165) is 18.4 Å². The van der Waals surface area contributed by atoms with E-state index in [-0.39, 0.29) is 12.8 Å². The zero-order chi connectivity index (χ0) is 23.3. The minimum Gasteiger partial charge on any atom is -0.462 e. The SMILES string of the molecule is CCCCOC(=O)c1cccc(NC(=O)CCC(=O)OCC(=O)Nc2ccccc2C)c1. The Kier molecular flexibility index (Phi) is 9.90. The maximum absolute atomic E-state index is 12.1. The zero-order valence-corrected chi connectivity index (χ0v) is 18.3. The molecule has 0 aliphatic rings. The van der Waals surface area contributed by atoms with Gasteiger partial charge in [-0.25, -0.2) is 4.79 Å². The van der Waals surface area contributed by atoms with Crippen molar-refractivity contribution in [2.24, 2.45) is 0 Å². The number of esters is 2. The number of hydrogen-bond donors (Lipinski definition) is 2.